The number of hydrogen-bond donors (Lipinski definition) is 1. The number of allylic oxidation sites excluding steroid dienone is 1. The van der Waals surface area contributed by atoms with Crippen molar-refractivity contribution in [1.29, 1.82) is 0 Å². The third kappa shape index (κ3) is 2.89. The van der Waals surface area contributed by atoms with Crippen LogP contribution in [-0.2, 0) is 0 Å². The van der Waals surface area contributed by atoms with E-state index in [1.165, 1.54) is 19.3 Å². The second kappa shape index (κ2) is 5.25. The summed E-state index contributed by atoms with van der Waals surface area (Å²) in [4.78, 5) is 4.14. The molecule has 0 bridgehead atoms. The van der Waals surface area contributed by atoms with E-state index >= 15 is 0 Å². The molecule has 0 saturated carbocycles. The Bertz CT molecular complexity index is 187. The summed E-state index contributed by atoms with van der Waals surface area (Å²) in [6.45, 7) is 0. The number of nitrogens with one attached hydrogen (secondary N) is 1. The van der Waals surface area contributed by atoms with E-state index in [1.807, 2.05) is 13.3 Å². The number of aliphatic imine (C=N–C) groups is 1. The Kier molecular flexibility index (Phi) is 4.22. The van der Waals surface area contributed by atoms with Crippen molar-refractivity contribution in [3.63, 3.8) is 0 Å². The van der Waals surface area contributed by atoms with Crippen LogP contribution in [0.5, 0.6) is 0 Å². The van der Waals surface area contributed by atoms with Crippen molar-refractivity contribution in [2.75, 3.05) is 13.3 Å². The molecule has 0 aromatic heterocycles. The Morgan fingerprint density at radius 3 is 3.00 bits per heavy atom. The Morgan fingerprint density at radius 2 is 2.50 bits per heavy atom. The predicted molar refractivity (Wildman–Crippen MR) is 56.8 cm³/mol. The molecule has 1 aliphatic rings. The highest BCUT2D eigenvalue weighted by atomic mass is 32.2. The molecule has 3 heteroatoms. The summed E-state index contributed by atoms with van der Waals surface area (Å²) in [6.07, 6.45) is 10.3. The van der Waals surface area contributed by atoms with Crippen molar-refractivity contribution in [1.82, 2.24) is 5.32 Å². The smallest absolute Gasteiger partial charge is 0.156 e. The first-order valence-corrected chi connectivity index (χ1v) is 5.53. The van der Waals surface area contributed by atoms with Gasteiger partial charge in [-0.3, -0.25) is 4.99 Å². The number of rotatable bonds is 1. The van der Waals surface area contributed by atoms with Crippen molar-refractivity contribution in [3.05, 3.63) is 12.2 Å². The Labute approximate surface area is 78.5 Å². The molecule has 1 rings (SSSR count). The Hall–Kier alpha value is -0.440. The molecular formula is C9H16N2S. The predicted octanol–water partition coefficient (Wildman–Crippen LogP) is 2.03. The second-order valence-electron chi connectivity index (χ2n) is 2.84. The van der Waals surface area contributed by atoms with Gasteiger partial charge < -0.3 is 5.32 Å². The zero-order chi connectivity index (χ0) is 8.81. The average molecular weight is 184 g/mol. The summed E-state index contributed by atoms with van der Waals surface area (Å²) in [5, 5.41) is 4.42. The maximum Gasteiger partial charge on any atom is 0.156 e. The lowest BCUT2D eigenvalue weighted by Gasteiger charge is -2.18. The molecule has 1 aliphatic carbocycles. The fourth-order valence-corrected chi connectivity index (χ4v) is 1.76. The molecule has 0 amide bonds. The van der Waals surface area contributed by atoms with E-state index in [0.717, 1.165) is 5.17 Å². The van der Waals surface area contributed by atoms with Crippen LogP contribution in [0.3, 0.4) is 0 Å². The highest BCUT2D eigenvalue weighted by Crippen LogP contribution is 2.11. The molecule has 68 valence electrons. The van der Waals surface area contributed by atoms with Crippen LogP contribution in [0.4, 0.5) is 0 Å². The van der Waals surface area contributed by atoms with Gasteiger partial charge in [0.05, 0.1) is 0 Å². The van der Waals surface area contributed by atoms with Crippen LogP contribution in [0.2, 0.25) is 0 Å². The Balaban J connectivity index is 2.38. The van der Waals surface area contributed by atoms with Gasteiger partial charge in [0, 0.05) is 13.1 Å². The molecule has 1 atom stereocenters. The van der Waals surface area contributed by atoms with Crippen molar-refractivity contribution in [3.8, 4) is 0 Å². The van der Waals surface area contributed by atoms with Crippen molar-refractivity contribution >= 4 is 16.9 Å². The van der Waals surface area contributed by atoms with Crippen LogP contribution in [-0.4, -0.2) is 24.5 Å². The minimum atomic E-state index is 0.505. The van der Waals surface area contributed by atoms with Gasteiger partial charge in [-0.05, 0) is 25.5 Å². The topological polar surface area (TPSA) is 24.4 Å². The molecule has 0 radical (unpaired) electrons. The maximum atomic E-state index is 4.14. The van der Waals surface area contributed by atoms with Crippen LogP contribution >= 0.6 is 11.8 Å². The normalized spacial score (nSPS) is 24.2. The average Bonchev–Trinajstić information content (AvgIpc) is 2.16. The van der Waals surface area contributed by atoms with Gasteiger partial charge in [0.25, 0.3) is 0 Å². The molecular weight excluding hydrogens is 168 g/mol. The van der Waals surface area contributed by atoms with E-state index in [1.54, 1.807) is 11.8 Å². The molecule has 0 aliphatic heterocycles. The van der Waals surface area contributed by atoms with Gasteiger partial charge >= 0.3 is 0 Å². The molecule has 12 heavy (non-hydrogen) atoms. The third-order valence-electron chi connectivity index (χ3n) is 1.96. The fraction of sp³-hybridized carbons (Fsp3) is 0.667. The lowest BCUT2D eigenvalue weighted by Crippen LogP contribution is -2.32. The molecule has 2 nitrogen and oxygen atoms in total. The first kappa shape index (κ1) is 9.65. The van der Waals surface area contributed by atoms with Gasteiger partial charge in [0.15, 0.2) is 5.17 Å². The van der Waals surface area contributed by atoms with Crippen molar-refractivity contribution < 1.29 is 0 Å². The van der Waals surface area contributed by atoms with E-state index < -0.39 is 0 Å². The maximum absolute atomic E-state index is 4.14. The van der Waals surface area contributed by atoms with E-state index in [9.17, 15) is 0 Å². The van der Waals surface area contributed by atoms with Gasteiger partial charge in [0.1, 0.15) is 0 Å². The van der Waals surface area contributed by atoms with E-state index in [0.29, 0.717) is 6.04 Å². The first-order valence-electron chi connectivity index (χ1n) is 4.31. The molecule has 0 spiro atoms. The summed E-state index contributed by atoms with van der Waals surface area (Å²) in [7, 11) is 1.82. The van der Waals surface area contributed by atoms with Crippen LogP contribution < -0.4 is 5.32 Å². The zero-order valence-corrected chi connectivity index (χ0v) is 8.53. The zero-order valence-electron chi connectivity index (χ0n) is 7.71. The molecule has 0 fully saturated rings. The number of thioether (sulfide) groups is 1. The third-order valence-corrected chi connectivity index (χ3v) is 2.65. The molecule has 0 saturated heterocycles. The summed E-state index contributed by atoms with van der Waals surface area (Å²) in [5.41, 5.74) is 0. The monoisotopic (exact) mass is 184 g/mol. The highest BCUT2D eigenvalue weighted by molar-refractivity contribution is 8.13. The minimum absolute atomic E-state index is 0.505. The molecule has 1 N–H and O–H groups in total. The van der Waals surface area contributed by atoms with Crippen molar-refractivity contribution in [2.24, 2.45) is 4.99 Å². The Morgan fingerprint density at radius 1 is 1.67 bits per heavy atom. The lowest BCUT2D eigenvalue weighted by molar-refractivity contribution is 0.603. The molecule has 0 aromatic carbocycles. The largest absolute Gasteiger partial charge is 0.359 e. The van der Waals surface area contributed by atoms with Crippen LogP contribution in [0.15, 0.2) is 17.1 Å². The van der Waals surface area contributed by atoms with Gasteiger partial charge in [-0.1, -0.05) is 23.9 Å². The number of nitrogens with zero attached hydrogens (tertiary/aromatic N) is 1. The van der Waals surface area contributed by atoms with E-state index in [4.69, 9.17) is 0 Å². The van der Waals surface area contributed by atoms with Crippen molar-refractivity contribution in [2.45, 2.75) is 25.3 Å². The summed E-state index contributed by atoms with van der Waals surface area (Å²) in [5.74, 6) is 0. The molecule has 1 unspecified atom stereocenters. The fourth-order valence-electron chi connectivity index (χ4n) is 1.31. The van der Waals surface area contributed by atoms with Crippen LogP contribution in [0.25, 0.3) is 0 Å². The lowest BCUT2D eigenvalue weighted by atomic mass is 10.0. The second-order valence-corrected chi connectivity index (χ2v) is 3.64. The number of amidine groups is 1. The summed E-state index contributed by atoms with van der Waals surface area (Å²) >= 11 is 1.67. The summed E-state index contributed by atoms with van der Waals surface area (Å²) in [6, 6.07) is 0.505. The van der Waals surface area contributed by atoms with E-state index in [-0.39, 0.29) is 0 Å². The number of hydrogen-bond acceptors (Lipinski definition) is 2. The summed E-state index contributed by atoms with van der Waals surface area (Å²) < 4.78 is 0. The van der Waals surface area contributed by atoms with E-state index in [2.05, 4.69) is 22.5 Å². The van der Waals surface area contributed by atoms with Gasteiger partial charge in [-0.2, -0.15) is 0 Å². The first-order chi connectivity index (χ1) is 5.86. The van der Waals surface area contributed by atoms with Crippen LogP contribution in [0, 0.1) is 0 Å². The van der Waals surface area contributed by atoms with Crippen LogP contribution in [0.1, 0.15) is 19.3 Å². The highest BCUT2D eigenvalue weighted by Gasteiger charge is 2.08. The SMILES string of the molecule is CN=C(NC1C=CCCC1)SC. The molecule has 0 heterocycles. The molecule has 0 aromatic rings. The van der Waals surface area contributed by atoms with Gasteiger partial charge in [-0.25, -0.2) is 0 Å². The standard InChI is InChI=1S/C9H16N2S/c1-10-9(12-2)11-8-6-4-3-5-7-8/h4,6,8H,3,5,7H2,1-2H3,(H,10,11). The quantitative estimate of drug-likeness (QED) is 0.383. The van der Waals surface area contributed by atoms with Gasteiger partial charge in [0.2, 0.25) is 0 Å². The minimum Gasteiger partial charge on any atom is -0.359 e. The van der Waals surface area contributed by atoms with Gasteiger partial charge in [-0.15, -0.1) is 0 Å².